The molecule has 0 fully saturated rings. The lowest BCUT2D eigenvalue weighted by atomic mass is 9.90. The van der Waals surface area contributed by atoms with Gasteiger partial charge in [0.25, 0.3) is 0 Å². The highest BCUT2D eigenvalue weighted by Crippen LogP contribution is 2.36. The second-order valence-electron chi connectivity index (χ2n) is 8.06. The molecule has 4 aromatic rings. The van der Waals surface area contributed by atoms with Crippen LogP contribution in [0.4, 0.5) is 0 Å². The SMILES string of the molecule is CC(C)[C@H](NC(=O)CCCc1ccc2ccc3cccc4ccc1c2c34)C(=O)O. The smallest absolute Gasteiger partial charge is 0.326 e. The van der Waals surface area contributed by atoms with Crippen LogP contribution in [0.3, 0.4) is 0 Å². The number of hydrogen-bond acceptors (Lipinski definition) is 2. The summed E-state index contributed by atoms with van der Waals surface area (Å²) in [7, 11) is 0. The summed E-state index contributed by atoms with van der Waals surface area (Å²) in [6, 6.07) is 18.5. The number of aryl methyl sites for hydroxylation is 1. The molecule has 0 spiro atoms. The predicted octanol–water partition coefficient (Wildman–Crippen LogP) is 5.13. The second kappa shape index (κ2) is 7.70. The Hall–Kier alpha value is -3.14. The number of hydrogen-bond donors (Lipinski definition) is 2. The minimum atomic E-state index is -0.986. The molecule has 4 heteroatoms. The van der Waals surface area contributed by atoms with Crippen LogP contribution in [0.2, 0.25) is 0 Å². The summed E-state index contributed by atoms with van der Waals surface area (Å²) in [6.45, 7) is 3.59. The van der Waals surface area contributed by atoms with Crippen LogP contribution < -0.4 is 5.32 Å². The van der Waals surface area contributed by atoms with Gasteiger partial charge in [0.2, 0.25) is 5.91 Å². The Balaban J connectivity index is 1.54. The molecule has 0 saturated carbocycles. The number of carbonyl (C=O) groups excluding carboxylic acids is 1. The lowest BCUT2D eigenvalue weighted by molar-refractivity contribution is -0.143. The van der Waals surface area contributed by atoms with E-state index in [-0.39, 0.29) is 11.8 Å². The highest BCUT2D eigenvalue weighted by atomic mass is 16.4. The number of rotatable bonds is 7. The van der Waals surface area contributed by atoms with Crippen molar-refractivity contribution >= 4 is 44.2 Å². The van der Waals surface area contributed by atoms with Crippen LogP contribution in [0.5, 0.6) is 0 Å². The zero-order valence-corrected chi connectivity index (χ0v) is 16.7. The van der Waals surface area contributed by atoms with Crippen LogP contribution in [-0.2, 0) is 16.0 Å². The van der Waals surface area contributed by atoms with Crippen molar-refractivity contribution < 1.29 is 14.7 Å². The highest BCUT2D eigenvalue weighted by Gasteiger charge is 2.23. The third kappa shape index (κ3) is 3.63. The van der Waals surface area contributed by atoms with Crippen LogP contribution in [0, 0.1) is 5.92 Å². The molecule has 0 aromatic heterocycles. The standard InChI is InChI=1S/C25H25NO3/c1-15(2)24(25(28)29)26-21(27)8-4-5-16-9-10-19-12-11-17-6-3-7-18-13-14-20(16)23(19)22(17)18/h3,6-7,9-15,24H,4-5,8H2,1-2H3,(H,26,27)(H,28,29)/t24-/m0/s1. The Bertz CT molecular complexity index is 1180. The summed E-state index contributed by atoms with van der Waals surface area (Å²) in [5.74, 6) is -1.34. The highest BCUT2D eigenvalue weighted by molar-refractivity contribution is 6.23. The van der Waals surface area contributed by atoms with Gasteiger partial charge in [-0.25, -0.2) is 4.79 Å². The average molecular weight is 387 g/mol. The fraction of sp³-hybridized carbons (Fsp3) is 0.280. The van der Waals surface area contributed by atoms with Gasteiger partial charge >= 0.3 is 5.97 Å². The minimum absolute atomic E-state index is 0.144. The third-order valence-corrected chi connectivity index (χ3v) is 5.72. The number of aliphatic carboxylic acids is 1. The lowest BCUT2D eigenvalue weighted by Gasteiger charge is -2.18. The van der Waals surface area contributed by atoms with E-state index >= 15 is 0 Å². The first-order valence-electron chi connectivity index (χ1n) is 10.1. The van der Waals surface area contributed by atoms with E-state index in [9.17, 15) is 14.7 Å². The summed E-state index contributed by atoms with van der Waals surface area (Å²) >= 11 is 0. The quantitative estimate of drug-likeness (QED) is 0.432. The number of amides is 1. The predicted molar refractivity (Wildman–Crippen MR) is 117 cm³/mol. The van der Waals surface area contributed by atoms with E-state index in [0.29, 0.717) is 12.8 Å². The lowest BCUT2D eigenvalue weighted by Crippen LogP contribution is -2.44. The molecular weight excluding hydrogens is 362 g/mol. The van der Waals surface area contributed by atoms with Gasteiger partial charge in [0.05, 0.1) is 0 Å². The molecule has 4 rings (SSSR count). The van der Waals surface area contributed by atoms with Crippen molar-refractivity contribution in [3.8, 4) is 0 Å². The van der Waals surface area contributed by atoms with Crippen molar-refractivity contribution in [2.24, 2.45) is 5.92 Å². The Morgan fingerprint density at radius 2 is 1.52 bits per heavy atom. The normalized spacial score (nSPS) is 12.8. The van der Waals surface area contributed by atoms with Gasteiger partial charge in [-0.3, -0.25) is 4.79 Å². The molecule has 0 aliphatic carbocycles. The first kappa shape index (κ1) is 19.2. The summed E-state index contributed by atoms with van der Waals surface area (Å²) in [5.41, 5.74) is 1.22. The zero-order chi connectivity index (χ0) is 20.5. The van der Waals surface area contributed by atoms with Gasteiger partial charge in [-0.15, -0.1) is 0 Å². The van der Waals surface area contributed by atoms with Crippen LogP contribution in [-0.4, -0.2) is 23.0 Å². The molecular formula is C25H25NO3. The minimum Gasteiger partial charge on any atom is -0.480 e. The monoisotopic (exact) mass is 387 g/mol. The van der Waals surface area contributed by atoms with Crippen molar-refractivity contribution in [2.75, 3.05) is 0 Å². The topological polar surface area (TPSA) is 66.4 Å². The molecule has 0 bridgehead atoms. The van der Waals surface area contributed by atoms with Crippen LogP contribution in [0.15, 0.2) is 54.6 Å². The summed E-state index contributed by atoms with van der Waals surface area (Å²) in [6.07, 6.45) is 1.78. The molecule has 4 nitrogen and oxygen atoms in total. The summed E-state index contributed by atoms with van der Waals surface area (Å²) < 4.78 is 0. The van der Waals surface area contributed by atoms with Gasteiger partial charge in [0.1, 0.15) is 6.04 Å². The number of benzene rings is 4. The van der Waals surface area contributed by atoms with E-state index in [1.165, 1.54) is 37.9 Å². The van der Waals surface area contributed by atoms with Gasteiger partial charge < -0.3 is 10.4 Å². The summed E-state index contributed by atoms with van der Waals surface area (Å²) in [5, 5.41) is 19.4. The molecule has 0 unspecified atom stereocenters. The van der Waals surface area contributed by atoms with E-state index in [1.54, 1.807) is 13.8 Å². The average Bonchev–Trinajstić information content (AvgIpc) is 2.70. The Kier molecular flexibility index (Phi) is 5.10. The molecule has 0 aliphatic rings. The summed E-state index contributed by atoms with van der Waals surface area (Å²) in [4.78, 5) is 23.5. The van der Waals surface area contributed by atoms with Gasteiger partial charge in [-0.2, -0.15) is 0 Å². The van der Waals surface area contributed by atoms with Crippen molar-refractivity contribution in [3.05, 3.63) is 60.2 Å². The van der Waals surface area contributed by atoms with Crippen LogP contribution >= 0.6 is 0 Å². The number of carboxylic acid groups (broad SMARTS) is 1. The van der Waals surface area contributed by atoms with Gasteiger partial charge in [0, 0.05) is 6.42 Å². The fourth-order valence-corrected chi connectivity index (χ4v) is 4.21. The molecule has 1 atom stereocenters. The van der Waals surface area contributed by atoms with Gasteiger partial charge in [0.15, 0.2) is 0 Å². The Morgan fingerprint density at radius 3 is 2.17 bits per heavy atom. The largest absolute Gasteiger partial charge is 0.480 e. The first-order valence-corrected chi connectivity index (χ1v) is 10.1. The zero-order valence-electron chi connectivity index (χ0n) is 16.7. The molecule has 1 amide bonds. The van der Waals surface area contributed by atoms with E-state index in [2.05, 4.69) is 59.9 Å². The van der Waals surface area contributed by atoms with E-state index in [4.69, 9.17) is 0 Å². The van der Waals surface area contributed by atoms with E-state index in [1.807, 2.05) is 0 Å². The van der Waals surface area contributed by atoms with Crippen LogP contribution in [0.25, 0.3) is 32.3 Å². The number of carbonyl (C=O) groups is 2. The Labute approximate surface area is 169 Å². The maximum atomic E-state index is 12.2. The van der Waals surface area contributed by atoms with Crippen molar-refractivity contribution in [1.29, 1.82) is 0 Å². The molecule has 0 saturated heterocycles. The van der Waals surface area contributed by atoms with E-state index in [0.717, 1.165) is 6.42 Å². The maximum Gasteiger partial charge on any atom is 0.326 e. The van der Waals surface area contributed by atoms with Gasteiger partial charge in [-0.05, 0) is 56.6 Å². The van der Waals surface area contributed by atoms with Crippen molar-refractivity contribution in [1.82, 2.24) is 5.32 Å². The second-order valence-corrected chi connectivity index (χ2v) is 8.06. The third-order valence-electron chi connectivity index (χ3n) is 5.72. The fourth-order valence-electron chi connectivity index (χ4n) is 4.21. The Morgan fingerprint density at radius 1 is 0.897 bits per heavy atom. The molecule has 0 heterocycles. The van der Waals surface area contributed by atoms with Crippen molar-refractivity contribution in [2.45, 2.75) is 39.2 Å². The molecule has 2 N–H and O–H groups in total. The van der Waals surface area contributed by atoms with Gasteiger partial charge in [-0.1, -0.05) is 68.4 Å². The molecule has 148 valence electrons. The molecule has 4 aromatic carbocycles. The van der Waals surface area contributed by atoms with E-state index < -0.39 is 12.0 Å². The maximum absolute atomic E-state index is 12.2. The number of nitrogens with one attached hydrogen (secondary N) is 1. The van der Waals surface area contributed by atoms with Crippen molar-refractivity contribution in [3.63, 3.8) is 0 Å². The van der Waals surface area contributed by atoms with Crippen LogP contribution in [0.1, 0.15) is 32.3 Å². The molecule has 29 heavy (non-hydrogen) atoms. The molecule has 0 aliphatic heterocycles. The number of carboxylic acids is 1. The first-order chi connectivity index (χ1) is 14.0. The molecule has 0 radical (unpaired) electrons.